The number of fused-ring (bicyclic) bond motifs is 2. The van der Waals surface area contributed by atoms with E-state index in [9.17, 15) is 0 Å². The first-order valence-electron chi connectivity index (χ1n) is 23.8. The van der Waals surface area contributed by atoms with Gasteiger partial charge in [0.05, 0.1) is 36.4 Å². The molecule has 2 N–H and O–H groups in total. The number of nitrogens with zero attached hydrogens (tertiary/aromatic N) is 10. The van der Waals surface area contributed by atoms with Crippen LogP contribution >= 0.6 is 0 Å². The van der Waals surface area contributed by atoms with E-state index in [1.165, 1.54) is 77.5 Å². The highest BCUT2D eigenvalue weighted by Gasteiger charge is 2.21. The molecular weight excluding hydrogens is 801 g/mol. The van der Waals surface area contributed by atoms with Gasteiger partial charge in [-0.05, 0) is 130 Å². The molecule has 0 spiro atoms. The molecule has 344 valence electrons. The second-order valence-corrected chi connectivity index (χ2v) is 17.9. The number of aromatic nitrogens is 4. The molecule has 4 aromatic rings. The molecule has 4 aliphatic heterocycles. The smallest absolute Gasteiger partial charge is 0.227 e. The quantitative estimate of drug-likeness (QED) is 0.127. The Morgan fingerprint density at radius 1 is 0.531 bits per heavy atom. The Labute approximate surface area is 382 Å². The van der Waals surface area contributed by atoms with Crippen LogP contribution in [0.5, 0.6) is 11.5 Å². The molecule has 4 aliphatic rings. The van der Waals surface area contributed by atoms with E-state index in [2.05, 4.69) is 104 Å². The minimum atomic E-state index is 0.777. The van der Waals surface area contributed by atoms with Gasteiger partial charge >= 0.3 is 0 Å². The molecule has 0 radical (unpaired) electrons. The maximum absolute atomic E-state index is 5.70. The van der Waals surface area contributed by atoms with E-state index < -0.39 is 0 Å². The topological polar surface area (TPSA) is 114 Å². The maximum Gasteiger partial charge on any atom is 0.227 e. The number of benzene rings is 2. The Bertz CT molecular complexity index is 2090. The lowest BCUT2D eigenvalue weighted by molar-refractivity contribution is 0.348. The summed E-state index contributed by atoms with van der Waals surface area (Å²) in [4.78, 5) is 33.5. The molecule has 0 saturated carbocycles. The van der Waals surface area contributed by atoms with E-state index in [4.69, 9.17) is 29.4 Å². The SMILES string of the molecule is COc1cc2c(NCCN(C)C)nc(N3CCCC3)nc2cc1C#CCCN1CCCC1.COc1cc2c(NCCN(C)C)nc(N3CCCC3)nc2cc1C#CCCN1CCCC1. The molecule has 4 saturated heterocycles. The highest BCUT2D eigenvalue weighted by Crippen LogP contribution is 2.33. The fourth-order valence-corrected chi connectivity index (χ4v) is 8.76. The second kappa shape index (κ2) is 23.7. The molecule has 0 bridgehead atoms. The summed E-state index contributed by atoms with van der Waals surface area (Å²) in [6, 6.07) is 8.20. The van der Waals surface area contributed by atoms with Crippen molar-refractivity contribution >= 4 is 45.3 Å². The van der Waals surface area contributed by atoms with Crippen molar-refractivity contribution in [3.8, 4) is 35.2 Å². The molecule has 14 nitrogen and oxygen atoms in total. The highest BCUT2D eigenvalue weighted by atomic mass is 16.5. The van der Waals surface area contributed by atoms with Crippen molar-refractivity contribution in [2.24, 2.45) is 0 Å². The van der Waals surface area contributed by atoms with Crippen molar-refractivity contribution in [2.75, 3.05) is 154 Å². The number of rotatable bonds is 16. The van der Waals surface area contributed by atoms with E-state index in [1.54, 1.807) is 14.2 Å². The van der Waals surface area contributed by atoms with Gasteiger partial charge in [0.15, 0.2) is 0 Å². The van der Waals surface area contributed by atoms with Gasteiger partial charge in [-0.15, -0.1) is 0 Å². The third kappa shape index (κ3) is 13.0. The van der Waals surface area contributed by atoms with Gasteiger partial charge in [-0.2, -0.15) is 9.97 Å². The van der Waals surface area contributed by atoms with Gasteiger partial charge in [-0.1, -0.05) is 23.7 Å². The third-order valence-electron chi connectivity index (χ3n) is 12.4. The summed E-state index contributed by atoms with van der Waals surface area (Å²) >= 11 is 0. The van der Waals surface area contributed by atoms with Crippen LogP contribution in [0.25, 0.3) is 21.8 Å². The first kappa shape index (κ1) is 46.9. The molecule has 2 aromatic carbocycles. The van der Waals surface area contributed by atoms with Gasteiger partial charge in [0, 0.05) is 89.1 Å². The summed E-state index contributed by atoms with van der Waals surface area (Å²) in [7, 11) is 11.7. The Morgan fingerprint density at radius 2 is 0.906 bits per heavy atom. The molecule has 0 atom stereocenters. The van der Waals surface area contributed by atoms with Crippen LogP contribution in [0, 0.1) is 23.7 Å². The van der Waals surface area contributed by atoms with Crippen molar-refractivity contribution in [3.63, 3.8) is 0 Å². The second-order valence-electron chi connectivity index (χ2n) is 17.9. The molecule has 8 rings (SSSR count). The lowest BCUT2D eigenvalue weighted by atomic mass is 10.1. The Morgan fingerprint density at radius 3 is 1.27 bits per heavy atom. The normalized spacial score (nSPS) is 16.6. The van der Waals surface area contributed by atoms with Gasteiger partial charge in [-0.25, -0.2) is 9.97 Å². The van der Waals surface area contributed by atoms with Crippen LogP contribution in [-0.2, 0) is 0 Å². The van der Waals surface area contributed by atoms with Crippen molar-refractivity contribution in [3.05, 3.63) is 35.4 Å². The minimum absolute atomic E-state index is 0.777. The van der Waals surface area contributed by atoms with Crippen LogP contribution < -0.4 is 29.9 Å². The molecule has 0 aliphatic carbocycles. The molecule has 0 unspecified atom stereocenters. The zero-order valence-corrected chi connectivity index (χ0v) is 39.6. The summed E-state index contributed by atoms with van der Waals surface area (Å²) in [5.41, 5.74) is 3.62. The fraction of sp³-hybridized carbons (Fsp3) is 0.600. The molecule has 0 amide bonds. The van der Waals surface area contributed by atoms with Crippen molar-refractivity contribution in [1.29, 1.82) is 0 Å². The van der Waals surface area contributed by atoms with Gasteiger partial charge < -0.3 is 49.5 Å². The predicted molar refractivity (Wildman–Crippen MR) is 263 cm³/mol. The van der Waals surface area contributed by atoms with E-state index in [0.717, 1.165) is 146 Å². The molecule has 4 fully saturated rings. The number of likely N-dealkylation sites (tertiary alicyclic amines) is 2. The van der Waals surface area contributed by atoms with Crippen LogP contribution in [-0.4, -0.2) is 174 Å². The average Bonchev–Trinajstić information content (AvgIpc) is 4.16. The van der Waals surface area contributed by atoms with Crippen molar-refractivity contribution in [2.45, 2.75) is 64.2 Å². The number of hydrogen-bond acceptors (Lipinski definition) is 14. The Hall–Kier alpha value is -5.12. The molecular formula is C50H72N12O2. The summed E-state index contributed by atoms with van der Waals surface area (Å²) in [5.74, 6) is 18.3. The number of anilines is 4. The first-order valence-corrected chi connectivity index (χ1v) is 23.8. The van der Waals surface area contributed by atoms with Crippen molar-refractivity contribution < 1.29 is 9.47 Å². The van der Waals surface area contributed by atoms with Crippen LogP contribution in [0.4, 0.5) is 23.5 Å². The summed E-state index contributed by atoms with van der Waals surface area (Å²) in [6.45, 7) is 14.5. The maximum atomic E-state index is 5.70. The van der Waals surface area contributed by atoms with Crippen LogP contribution in [0.15, 0.2) is 24.3 Å². The predicted octanol–water partition coefficient (Wildman–Crippen LogP) is 6.10. The van der Waals surface area contributed by atoms with E-state index >= 15 is 0 Å². The third-order valence-corrected chi connectivity index (χ3v) is 12.4. The highest BCUT2D eigenvalue weighted by molar-refractivity contribution is 5.93. The zero-order valence-electron chi connectivity index (χ0n) is 39.6. The number of likely N-dealkylation sites (N-methyl/N-ethyl adjacent to an activating group) is 2. The standard InChI is InChI=1S/2C25H36N6O/c2*1-29(2)17-11-26-24-21-19-23(32-3)20(10-4-5-12-30-13-6-7-14-30)18-22(21)27-25(28-24)31-15-8-9-16-31/h2*18-19H,5-9,11-17H2,1-3H3,(H,26,27,28). The zero-order chi connectivity index (χ0) is 44.7. The number of nitrogens with one attached hydrogen (secondary N) is 2. The van der Waals surface area contributed by atoms with Crippen LogP contribution in [0.3, 0.4) is 0 Å². The molecule has 14 heteroatoms. The summed E-state index contributed by atoms with van der Waals surface area (Å²) in [5, 5.41) is 9.00. The Kier molecular flexibility index (Phi) is 17.4. The lowest BCUT2D eigenvalue weighted by Gasteiger charge is -2.19. The first-order chi connectivity index (χ1) is 31.3. The van der Waals surface area contributed by atoms with E-state index in [-0.39, 0.29) is 0 Å². The van der Waals surface area contributed by atoms with Gasteiger partial charge in [-0.3, -0.25) is 0 Å². The molecule has 64 heavy (non-hydrogen) atoms. The summed E-state index contributed by atoms with van der Waals surface area (Å²) < 4.78 is 11.4. The van der Waals surface area contributed by atoms with E-state index in [1.807, 2.05) is 12.1 Å². The number of ether oxygens (including phenoxy) is 2. The van der Waals surface area contributed by atoms with Crippen molar-refractivity contribution in [1.82, 2.24) is 39.5 Å². The minimum Gasteiger partial charge on any atom is -0.495 e. The van der Waals surface area contributed by atoms with Crippen LogP contribution in [0.2, 0.25) is 0 Å². The fourth-order valence-electron chi connectivity index (χ4n) is 8.76. The van der Waals surface area contributed by atoms with Gasteiger partial charge in [0.2, 0.25) is 11.9 Å². The van der Waals surface area contributed by atoms with E-state index in [0.29, 0.717) is 0 Å². The number of hydrogen-bond donors (Lipinski definition) is 2. The molecule has 2 aromatic heterocycles. The largest absolute Gasteiger partial charge is 0.495 e. The van der Waals surface area contributed by atoms with Gasteiger partial charge in [0.25, 0.3) is 0 Å². The summed E-state index contributed by atoms with van der Waals surface area (Å²) in [6.07, 6.45) is 11.8. The Balaban J connectivity index is 0.000000191. The number of methoxy groups -OCH3 is 2. The monoisotopic (exact) mass is 873 g/mol. The van der Waals surface area contributed by atoms with Crippen LogP contribution in [0.1, 0.15) is 75.3 Å². The average molecular weight is 873 g/mol. The molecule has 6 heterocycles. The van der Waals surface area contributed by atoms with Gasteiger partial charge in [0.1, 0.15) is 23.1 Å². The lowest BCUT2D eigenvalue weighted by Crippen LogP contribution is -2.23.